The predicted octanol–water partition coefficient (Wildman–Crippen LogP) is 4.02. The van der Waals surface area contributed by atoms with Gasteiger partial charge in [0, 0.05) is 11.8 Å². The first-order valence-corrected chi connectivity index (χ1v) is 9.41. The fourth-order valence-electron chi connectivity index (χ4n) is 2.89. The zero-order valence-electron chi connectivity index (χ0n) is 13.9. The Morgan fingerprint density at radius 1 is 1.12 bits per heavy atom. The summed E-state index contributed by atoms with van der Waals surface area (Å²) in [6.07, 6.45) is 3.93. The van der Waals surface area contributed by atoms with Crippen molar-refractivity contribution in [2.75, 3.05) is 0 Å². The van der Waals surface area contributed by atoms with E-state index in [4.69, 9.17) is 0 Å². The van der Waals surface area contributed by atoms with Crippen LogP contribution in [0, 0.1) is 0 Å². The van der Waals surface area contributed by atoms with Crippen molar-refractivity contribution in [2.45, 2.75) is 18.9 Å². The number of nitrogens with zero attached hydrogens (tertiary/aromatic N) is 3. The van der Waals surface area contributed by atoms with Crippen molar-refractivity contribution in [3.8, 4) is 16.4 Å². The van der Waals surface area contributed by atoms with E-state index >= 15 is 0 Å². The second-order valence-electron chi connectivity index (χ2n) is 6.38. The van der Waals surface area contributed by atoms with Crippen LogP contribution in [0.25, 0.3) is 26.6 Å². The van der Waals surface area contributed by atoms with Gasteiger partial charge in [0.2, 0.25) is 5.13 Å². The molecule has 0 atom stereocenters. The number of para-hydroxylation sites is 1. The average Bonchev–Trinajstić information content (AvgIpc) is 3.31. The Kier molecular flexibility index (Phi) is 3.57. The van der Waals surface area contributed by atoms with Crippen molar-refractivity contribution in [2.24, 2.45) is 4.99 Å². The smallest absolute Gasteiger partial charge is 0.282 e. The molecule has 5 nitrogen and oxygen atoms in total. The third-order valence-corrected chi connectivity index (χ3v) is 5.45. The SMILES string of the molecule is O=c1c(C=NC2CC2)c(-c2ccccc2)[nH]n1-c1nc2ccccc2s1. The molecule has 0 bridgehead atoms. The van der Waals surface area contributed by atoms with E-state index in [1.54, 1.807) is 6.21 Å². The highest BCUT2D eigenvalue weighted by atomic mass is 32.1. The van der Waals surface area contributed by atoms with E-state index in [-0.39, 0.29) is 5.56 Å². The summed E-state index contributed by atoms with van der Waals surface area (Å²) in [7, 11) is 0. The Labute approximate surface area is 153 Å². The minimum Gasteiger partial charge on any atom is -0.289 e. The van der Waals surface area contributed by atoms with E-state index in [1.807, 2.05) is 54.6 Å². The van der Waals surface area contributed by atoms with Crippen LogP contribution in [-0.4, -0.2) is 27.0 Å². The average molecular weight is 360 g/mol. The van der Waals surface area contributed by atoms with Gasteiger partial charge in [-0.3, -0.25) is 14.9 Å². The van der Waals surface area contributed by atoms with Crippen molar-refractivity contribution in [3.63, 3.8) is 0 Å². The van der Waals surface area contributed by atoms with Gasteiger partial charge in [-0.25, -0.2) is 4.98 Å². The molecule has 2 heterocycles. The molecule has 5 rings (SSSR count). The fraction of sp³-hybridized carbons (Fsp3) is 0.150. The first-order valence-electron chi connectivity index (χ1n) is 8.59. The van der Waals surface area contributed by atoms with Crippen molar-refractivity contribution >= 4 is 27.8 Å². The highest BCUT2D eigenvalue weighted by molar-refractivity contribution is 7.20. The van der Waals surface area contributed by atoms with E-state index < -0.39 is 0 Å². The van der Waals surface area contributed by atoms with Crippen LogP contribution in [0.2, 0.25) is 0 Å². The van der Waals surface area contributed by atoms with E-state index in [9.17, 15) is 4.79 Å². The number of H-pyrrole nitrogens is 1. The molecule has 0 saturated heterocycles. The normalized spacial score (nSPS) is 14.5. The maximum Gasteiger partial charge on any atom is 0.282 e. The van der Waals surface area contributed by atoms with Gasteiger partial charge in [0.15, 0.2) is 0 Å². The van der Waals surface area contributed by atoms with E-state index in [0.717, 1.165) is 34.3 Å². The molecule has 0 spiro atoms. The summed E-state index contributed by atoms with van der Waals surface area (Å²) >= 11 is 1.49. The lowest BCUT2D eigenvalue weighted by Crippen LogP contribution is -2.17. The van der Waals surface area contributed by atoms with E-state index in [2.05, 4.69) is 15.1 Å². The number of rotatable bonds is 4. The molecule has 1 fully saturated rings. The molecule has 4 aromatic rings. The minimum absolute atomic E-state index is 0.118. The molecular formula is C20H16N4OS. The molecule has 1 aliphatic rings. The summed E-state index contributed by atoms with van der Waals surface area (Å²) in [5.41, 5.74) is 3.10. The standard InChI is InChI=1S/C20H16N4OS/c25-19-15(12-21-14-10-11-14)18(13-6-2-1-3-7-13)23-24(19)20-22-16-8-4-5-9-17(16)26-20/h1-9,12,14,23H,10-11H2. The summed E-state index contributed by atoms with van der Waals surface area (Å²) in [5, 5.41) is 3.89. The number of thiazole rings is 1. The Bertz CT molecular complexity index is 1130. The topological polar surface area (TPSA) is 63.0 Å². The summed E-state index contributed by atoms with van der Waals surface area (Å²) in [6.45, 7) is 0. The first-order chi connectivity index (χ1) is 12.8. The zero-order valence-corrected chi connectivity index (χ0v) is 14.7. The van der Waals surface area contributed by atoms with Crippen molar-refractivity contribution in [1.29, 1.82) is 0 Å². The lowest BCUT2D eigenvalue weighted by molar-refractivity contribution is 0.845. The molecule has 0 radical (unpaired) electrons. The van der Waals surface area contributed by atoms with Gasteiger partial charge < -0.3 is 0 Å². The molecule has 26 heavy (non-hydrogen) atoms. The number of hydrogen-bond donors (Lipinski definition) is 1. The van der Waals surface area contributed by atoms with Crippen LogP contribution in [0.5, 0.6) is 0 Å². The maximum absolute atomic E-state index is 13.1. The molecule has 1 aliphatic carbocycles. The summed E-state index contributed by atoms with van der Waals surface area (Å²) < 4.78 is 2.58. The number of nitrogens with one attached hydrogen (secondary N) is 1. The Balaban J connectivity index is 1.69. The predicted molar refractivity (Wildman–Crippen MR) is 106 cm³/mol. The van der Waals surface area contributed by atoms with E-state index in [1.165, 1.54) is 16.0 Å². The van der Waals surface area contributed by atoms with Crippen LogP contribution in [0.4, 0.5) is 0 Å². The van der Waals surface area contributed by atoms with Gasteiger partial charge in [-0.2, -0.15) is 4.68 Å². The van der Waals surface area contributed by atoms with Crippen molar-refractivity contribution in [1.82, 2.24) is 14.8 Å². The largest absolute Gasteiger partial charge is 0.289 e. The molecule has 6 heteroatoms. The molecule has 1 N–H and O–H groups in total. The highest BCUT2D eigenvalue weighted by Gasteiger charge is 2.21. The molecule has 2 aromatic carbocycles. The molecule has 128 valence electrons. The second kappa shape index (κ2) is 6.07. The van der Waals surface area contributed by atoms with Crippen molar-refractivity contribution < 1.29 is 0 Å². The molecule has 1 saturated carbocycles. The molecular weight excluding hydrogens is 344 g/mol. The minimum atomic E-state index is -0.118. The number of hydrogen-bond acceptors (Lipinski definition) is 4. The first kappa shape index (κ1) is 15.3. The van der Waals surface area contributed by atoms with Crippen LogP contribution < -0.4 is 5.56 Å². The fourth-order valence-corrected chi connectivity index (χ4v) is 3.81. The number of aromatic amines is 1. The lowest BCUT2D eigenvalue weighted by Gasteiger charge is -1.99. The highest BCUT2D eigenvalue weighted by Crippen LogP contribution is 2.27. The number of aliphatic imine (C=N–C) groups is 1. The van der Waals surface area contributed by atoms with Gasteiger partial charge in [0.05, 0.1) is 27.5 Å². The summed E-state index contributed by atoms with van der Waals surface area (Å²) in [4.78, 5) is 22.2. The third kappa shape index (κ3) is 2.68. The monoisotopic (exact) mass is 360 g/mol. The van der Waals surface area contributed by atoms with Crippen LogP contribution in [0.3, 0.4) is 0 Å². The second-order valence-corrected chi connectivity index (χ2v) is 7.39. The number of fused-ring (bicyclic) bond motifs is 1. The lowest BCUT2D eigenvalue weighted by atomic mass is 10.1. The van der Waals surface area contributed by atoms with Crippen LogP contribution in [0.15, 0.2) is 64.4 Å². The Morgan fingerprint density at radius 2 is 1.88 bits per heavy atom. The van der Waals surface area contributed by atoms with E-state index in [0.29, 0.717) is 16.7 Å². The molecule has 0 unspecified atom stereocenters. The van der Waals surface area contributed by atoms with Gasteiger partial charge in [0.1, 0.15) is 0 Å². The van der Waals surface area contributed by atoms with Gasteiger partial charge >= 0.3 is 0 Å². The van der Waals surface area contributed by atoms with Crippen LogP contribution >= 0.6 is 11.3 Å². The Morgan fingerprint density at radius 3 is 2.65 bits per heavy atom. The number of aromatic nitrogens is 3. The van der Waals surface area contributed by atoms with Crippen LogP contribution in [-0.2, 0) is 0 Å². The quantitative estimate of drug-likeness (QED) is 0.559. The molecule has 2 aromatic heterocycles. The van der Waals surface area contributed by atoms with Gasteiger partial charge in [-0.15, -0.1) is 0 Å². The molecule has 0 aliphatic heterocycles. The van der Waals surface area contributed by atoms with Gasteiger partial charge in [0.25, 0.3) is 5.56 Å². The third-order valence-electron chi connectivity index (χ3n) is 4.42. The van der Waals surface area contributed by atoms with Crippen molar-refractivity contribution in [3.05, 3.63) is 70.5 Å². The zero-order chi connectivity index (χ0) is 17.5. The van der Waals surface area contributed by atoms with Gasteiger partial charge in [-0.1, -0.05) is 53.8 Å². The van der Waals surface area contributed by atoms with Crippen LogP contribution in [0.1, 0.15) is 18.4 Å². The van der Waals surface area contributed by atoms with Gasteiger partial charge in [-0.05, 0) is 25.0 Å². The Hall–Kier alpha value is -2.99. The maximum atomic E-state index is 13.1. The number of benzene rings is 2. The molecule has 0 amide bonds. The summed E-state index contributed by atoms with van der Waals surface area (Å²) in [5.74, 6) is 0. The summed E-state index contributed by atoms with van der Waals surface area (Å²) in [6, 6.07) is 18.1.